The van der Waals surface area contributed by atoms with E-state index in [0.29, 0.717) is 44.0 Å². The first-order valence-electron chi connectivity index (χ1n) is 11.9. The number of aromatic nitrogens is 5. The molecule has 0 N–H and O–H groups in total. The molecule has 1 aromatic carbocycles. The van der Waals surface area contributed by atoms with E-state index in [9.17, 15) is 18.0 Å². The first-order valence-corrected chi connectivity index (χ1v) is 12.3. The molecule has 9 nitrogen and oxygen atoms in total. The van der Waals surface area contributed by atoms with Crippen LogP contribution in [0.3, 0.4) is 0 Å². The number of hydrogen-bond donors (Lipinski definition) is 0. The number of carbonyl (C=O) groups excluding carboxylic acids is 1. The molecule has 0 bridgehead atoms. The number of alkyl halides is 3. The number of likely N-dealkylation sites (N-methyl/N-ethyl adjacent to an activating group) is 1. The predicted octanol–water partition coefficient (Wildman–Crippen LogP) is 3.52. The van der Waals surface area contributed by atoms with E-state index >= 15 is 0 Å². The number of nitrogens with zero attached hydrogens (tertiary/aromatic N) is 8. The molecule has 37 heavy (non-hydrogen) atoms. The third-order valence-corrected chi connectivity index (χ3v) is 6.97. The average molecular weight is 535 g/mol. The molecule has 0 aliphatic carbocycles. The Kier molecular flexibility index (Phi) is 6.80. The summed E-state index contributed by atoms with van der Waals surface area (Å²) in [5.41, 5.74) is 0.937. The third kappa shape index (κ3) is 5.26. The standard InChI is InChI=1S/C24H26ClF3N8O/c1-33(2)21(37)14-34-12-16-11-17(25)3-4-18(16)36-20(13-34)31-32-22(36)15-6-9-35(10-7-15)23-29-8-5-19(30-23)24(26,27)28/h3-5,8,11,15H,6-7,9-10,12-14H2,1-2H3. The summed E-state index contributed by atoms with van der Waals surface area (Å²) < 4.78 is 41.3. The Morgan fingerprint density at radius 3 is 2.59 bits per heavy atom. The highest BCUT2D eigenvalue weighted by Gasteiger charge is 2.35. The van der Waals surface area contributed by atoms with E-state index in [1.165, 1.54) is 0 Å². The van der Waals surface area contributed by atoms with Crippen molar-refractivity contribution in [3.05, 3.63) is 58.4 Å². The number of fused-ring (bicyclic) bond motifs is 3. The maximum atomic E-state index is 13.1. The Hall–Kier alpha value is -3.25. The van der Waals surface area contributed by atoms with Crippen LogP contribution in [0.15, 0.2) is 30.5 Å². The molecule has 3 aromatic rings. The van der Waals surface area contributed by atoms with Crippen molar-refractivity contribution in [2.75, 3.05) is 38.6 Å². The first-order chi connectivity index (χ1) is 17.6. The normalized spacial score (nSPS) is 16.8. The smallest absolute Gasteiger partial charge is 0.348 e. The second-order valence-electron chi connectivity index (χ2n) is 9.52. The fourth-order valence-corrected chi connectivity index (χ4v) is 4.99. The molecular formula is C24H26ClF3N8O. The highest BCUT2D eigenvalue weighted by molar-refractivity contribution is 6.30. The molecule has 0 unspecified atom stereocenters. The molecule has 0 atom stereocenters. The van der Waals surface area contributed by atoms with Crippen molar-refractivity contribution in [1.82, 2.24) is 34.5 Å². The van der Waals surface area contributed by atoms with Crippen molar-refractivity contribution in [1.29, 1.82) is 0 Å². The van der Waals surface area contributed by atoms with Gasteiger partial charge in [0.05, 0.1) is 18.8 Å². The fraction of sp³-hybridized carbons (Fsp3) is 0.458. The lowest BCUT2D eigenvalue weighted by molar-refractivity contribution is -0.141. The molecule has 0 spiro atoms. The van der Waals surface area contributed by atoms with Crippen LogP contribution in [0.5, 0.6) is 0 Å². The Bertz CT molecular complexity index is 1300. The number of carbonyl (C=O) groups is 1. The lowest BCUT2D eigenvalue weighted by Gasteiger charge is -2.32. The minimum Gasteiger partial charge on any atom is -0.348 e. The van der Waals surface area contributed by atoms with Crippen molar-refractivity contribution in [3.63, 3.8) is 0 Å². The second-order valence-corrected chi connectivity index (χ2v) is 9.95. The largest absolute Gasteiger partial charge is 0.433 e. The summed E-state index contributed by atoms with van der Waals surface area (Å²) in [5.74, 6) is 1.63. The first kappa shape index (κ1) is 25.4. The topological polar surface area (TPSA) is 83.3 Å². The van der Waals surface area contributed by atoms with Gasteiger partial charge in [0.25, 0.3) is 0 Å². The Morgan fingerprint density at radius 1 is 1.14 bits per heavy atom. The predicted molar refractivity (Wildman–Crippen MR) is 130 cm³/mol. The van der Waals surface area contributed by atoms with E-state index in [0.717, 1.165) is 35.2 Å². The zero-order valence-corrected chi connectivity index (χ0v) is 21.2. The molecule has 2 aromatic heterocycles. The van der Waals surface area contributed by atoms with Crippen LogP contribution >= 0.6 is 11.6 Å². The van der Waals surface area contributed by atoms with Gasteiger partial charge < -0.3 is 9.80 Å². The van der Waals surface area contributed by atoms with Crippen LogP contribution in [-0.4, -0.2) is 74.2 Å². The summed E-state index contributed by atoms with van der Waals surface area (Å²) in [7, 11) is 3.45. The van der Waals surface area contributed by atoms with E-state index in [1.807, 2.05) is 27.7 Å². The average Bonchev–Trinajstić information content (AvgIpc) is 3.20. The molecule has 5 rings (SSSR count). The Balaban J connectivity index is 1.40. The van der Waals surface area contributed by atoms with Gasteiger partial charge in [-0.05, 0) is 42.7 Å². The summed E-state index contributed by atoms with van der Waals surface area (Å²) in [6.45, 7) is 2.19. The van der Waals surface area contributed by atoms with Crippen molar-refractivity contribution >= 4 is 23.5 Å². The summed E-state index contributed by atoms with van der Waals surface area (Å²) >= 11 is 6.31. The van der Waals surface area contributed by atoms with Crippen LogP contribution in [0.1, 0.15) is 41.7 Å². The lowest BCUT2D eigenvalue weighted by Crippen LogP contribution is -2.35. The Morgan fingerprint density at radius 2 is 1.89 bits per heavy atom. The van der Waals surface area contributed by atoms with Gasteiger partial charge in [-0.3, -0.25) is 14.3 Å². The van der Waals surface area contributed by atoms with E-state index in [2.05, 4.69) is 20.2 Å². The van der Waals surface area contributed by atoms with Crippen LogP contribution in [0.25, 0.3) is 5.69 Å². The van der Waals surface area contributed by atoms with E-state index in [1.54, 1.807) is 23.9 Å². The molecule has 1 fully saturated rings. The summed E-state index contributed by atoms with van der Waals surface area (Å²) in [4.78, 5) is 25.6. The van der Waals surface area contributed by atoms with Gasteiger partial charge in [0, 0.05) is 50.9 Å². The van der Waals surface area contributed by atoms with Gasteiger partial charge >= 0.3 is 6.18 Å². The minimum atomic E-state index is -4.52. The number of rotatable bonds is 4. The van der Waals surface area contributed by atoms with Crippen molar-refractivity contribution in [2.45, 2.75) is 38.0 Å². The van der Waals surface area contributed by atoms with Gasteiger partial charge in [-0.15, -0.1) is 10.2 Å². The zero-order valence-electron chi connectivity index (χ0n) is 20.4. The van der Waals surface area contributed by atoms with Crippen LogP contribution in [0, 0.1) is 0 Å². The summed E-state index contributed by atoms with van der Waals surface area (Å²) in [6, 6.07) is 6.54. The van der Waals surface area contributed by atoms with Crippen LogP contribution in [0.2, 0.25) is 5.02 Å². The minimum absolute atomic E-state index is 0.0130. The second kappa shape index (κ2) is 9.90. The number of amides is 1. The zero-order chi connectivity index (χ0) is 26.3. The van der Waals surface area contributed by atoms with E-state index in [-0.39, 0.29) is 24.3 Å². The SMILES string of the molecule is CN(C)C(=O)CN1Cc2cc(Cl)ccc2-n2c(nnc2C2CCN(c3nccc(C(F)(F)F)n3)CC2)C1. The maximum absolute atomic E-state index is 13.1. The number of anilines is 1. The molecule has 0 saturated carbocycles. The molecule has 13 heteroatoms. The van der Waals surface area contributed by atoms with Crippen LogP contribution < -0.4 is 4.90 Å². The van der Waals surface area contributed by atoms with Crippen LogP contribution in [-0.2, 0) is 24.1 Å². The van der Waals surface area contributed by atoms with E-state index < -0.39 is 11.9 Å². The number of benzene rings is 1. The molecular weight excluding hydrogens is 509 g/mol. The van der Waals surface area contributed by atoms with Gasteiger partial charge in [0.1, 0.15) is 11.5 Å². The third-order valence-electron chi connectivity index (χ3n) is 6.73. The number of hydrogen-bond acceptors (Lipinski definition) is 7. The quantitative estimate of drug-likeness (QED) is 0.506. The fourth-order valence-electron chi connectivity index (χ4n) is 4.80. The molecule has 1 saturated heterocycles. The van der Waals surface area contributed by atoms with Gasteiger partial charge in [-0.1, -0.05) is 11.6 Å². The molecule has 0 radical (unpaired) electrons. The molecule has 2 aliphatic heterocycles. The van der Waals surface area contributed by atoms with Crippen molar-refractivity contribution in [3.8, 4) is 5.69 Å². The number of piperidine rings is 1. The number of halogens is 4. The Labute approximate surface area is 216 Å². The van der Waals surface area contributed by atoms with Crippen LogP contribution in [0.4, 0.5) is 19.1 Å². The van der Waals surface area contributed by atoms with Crippen molar-refractivity contribution in [2.24, 2.45) is 0 Å². The monoisotopic (exact) mass is 534 g/mol. The van der Waals surface area contributed by atoms with Crippen molar-refractivity contribution < 1.29 is 18.0 Å². The van der Waals surface area contributed by atoms with E-state index in [4.69, 9.17) is 11.6 Å². The molecule has 2 aliphatic rings. The molecule has 196 valence electrons. The van der Waals surface area contributed by atoms with Gasteiger partial charge in [0.2, 0.25) is 11.9 Å². The molecule has 1 amide bonds. The lowest BCUT2D eigenvalue weighted by atomic mass is 9.95. The molecule has 4 heterocycles. The highest BCUT2D eigenvalue weighted by Crippen LogP contribution is 2.35. The summed E-state index contributed by atoms with van der Waals surface area (Å²) in [5, 5.41) is 9.62. The summed E-state index contributed by atoms with van der Waals surface area (Å²) in [6.07, 6.45) is -2.06. The van der Waals surface area contributed by atoms with Gasteiger partial charge in [0.15, 0.2) is 5.82 Å². The maximum Gasteiger partial charge on any atom is 0.433 e. The van der Waals surface area contributed by atoms with Gasteiger partial charge in [-0.2, -0.15) is 13.2 Å². The van der Waals surface area contributed by atoms with Gasteiger partial charge in [-0.25, -0.2) is 9.97 Å². The highest BCUT2D eigenvalue weighted by atomic mass is 35.5.